The van der Waals surface area contributed by atoms with Gasteiger partial charge in [0.25, 0.3) is 5.69 Å². The molecule has 212 valence electrons. The lowest BCUT2D eigenvalue weighted by Gasteiger charge is -2.34. The Bertz CT molecular complexity index is 1260. The Labute approximate surface area is 230 Å². The van der Waals surface area contributed by atoms with Crippen molar-refractivity contribution in [2.45, 2.75) is 70.9 Å². The van der Waals surface area contributed by atoms with Gasteiger partial charge in [-0.2, -0.15) is 0 Å². The zero-order valence-electron chi connectivity index (χ0n) is 22.8. The van der Waals surface area contributed by atoms with E-state index in [9.17, 15) is 28.1 Å². The zero-order valence-corrected chi connectivity index (χ0v) is 23.7. The number of rotatable bonds is 12. The van der Waals surface area contributed by atoms with Crippen molar-refractivity contribution in [3.8, 4) is 0 Å². The van der Waals surface area contributed by atoms with Crippen LogP contribution < -0.4 is 9.62 Å². The summed E-state index contributed by atoms with van der Waals surface area (Å²) in [6, 6.07) is 12.7. The van der Waals surface area contributed by atoms with Gasteiger partial charge in [-0.15, -0.1) is 0 Å². The Kier molecular flexibility index (Phi) is 10.4. The molecule has 1 N–H and O–H groups in total. The number of benzene rings is 2. The number of anilines is 1. The summed E-state index contributed by atoms with van der Waals surface area (Å²) in [4.78, 5) is 39.5. The lowest BCUT2D eigenvalue weighted by Crippen LogP contribution is -2.54. The number of hydrogen-bond acceptors (Lipinski definition) is 6. The molecule has 1 atom stereocenters. The second-order valence-electron chi connectivity index (χ2n) is 10.1. The molecule has 10 nitrogen and oxygen atoms in total. The topological polar surface area (TPSA) is 130 Å². The molecule has 11 heteroatoms. The van der Waals surface area contributed by atoms with Crippen molar-refractivity contribution in [1.29, 1.82) is 0 Å². The Morgan fingerprint density at radius 2 is 1.77 bits per heavy atom. The van der Waals surface area contributed by atoms with Gasteiger partial charge < -0.3 is 10.2 Å². The van der Waals surface area contributed by atoms with E-state index in [1.165, 1.54) is 17.0 Å². The highest BCUT2D eigenvalue weighted by Crippen LogP contribution is 2.28. The van der Waals surface area contributed by atoms with Gasteiger partial charge in [0, 0.05) is 24.7 Å². The van der Waals surface area contributed by atoms with E-state index in [0.29, 0.717) is 18.4 Å². The summed E-state index contributed by atoms with van der Waals surface area (Å²) in [6.07, 6.45) is 6.82. The van der Waals surface area contributed by atoms with Gasteiger partial charge in [0.2, 0.25) is 21.8 Å². The Morgan fingerprint density at radius 1 is 1.10 bits per heavy atom. The van der Waals surface area contributed by atoms with Crippen LogP contribution in [0, 0.1) is 17.0 Å². The molecule has 0 radical (unpaired) electrons. The van der Waals surface area contributed by atoms with Gasteiger partial charge in [-0.25, -0.2) is 8.42 Å². The van der Waals surface area contributed by atoms with Crippen molar-refractivity contribution in [1.82, 2.24) is 10.2 Å². The fourth-order valence-electron chi connectivity index (χ4n) is 5.01. The van der Waals surface area contributed by atoms with Crippen LogP contribution in [0.4, 0.5) is 11.4 Å². The maximum Gasteiger partial charge on any atom is 0.271 e. The van der Waals surface area contributed by atoms with E-state index >= 15 is 0 Å². The number of non-ortho nitro benzene ring substituents is 1. The van der Waals surface area contributed by atoms with Gasteiger partial charge in [0.15, 0.2) is 0 Å². The van der Waals surface area contributed by atoms with Crippen LogP contribution in [0.3, 0.4) is 0 Å². The highest BCUT2D eigenvalue weighted by Gasteiger charge is 2.33. The number of sulfonamides is 1. The lowest BCUT2D eigenvalue weighted by molar-refractivity contribution is -0.384. The Morgan fingerprint density at radius 3 is 2.36 bits per heavy atom. The molecule has 0 aromatic heterocycles. The van der Waals surface area contributed by atoms with E-state index < -0.39 is 33.4 Å². The van der Waals surface area contributed by atoms with E-state index in [4.69, 9.17) is 0 Å². The van der Waals surface area contributed by atoms with Gasteiger partial charge in [0.1, 0.15) is 12.6 Å². The maximum atomic E-state index is 13.8. The highest BCUT2D eigenvalue weighted by molar-refractivity contribution is 7.92. The summed E-state index contributed by atoms with van der Waals surface area (Å²) in [5.41, 5.74) is 1.22. The summed E-state index contributed by atoms with van der Waals surface area (Å²) in [6.45, 7) is 3.09. The molecular weight excluding hydrogens is 520 g/mol. The van der Waals surface area contributed by atoms with Crippen LogP contribution >= 0.6 is 0 Å². The first-order valence-corrected chi connectivity index (χ1v) is 15.2. The molecule has 1 saturated carbocycles. The molecular formula is C28H38N4O6S. The summed E-state index contributed by atoms with van der Waals surface area (Å²) in [5.74, 6) is -0.795. The van der Waals surface area contributed by atoms with Crippen LogP contribution in [0.2, 0.25) is 0 Å². The quantitative estimate of drug-likeness (QED) is 0.310. The fourth-order valence-corrected chi connectivity index (χ4v) is 5.91. The molecule has 0 spiro atoms. The number of nitro benzene ring substituents is 1. The Hall–Kier alpha value is -3.47. The maximum absolute atomic E-state index is 13.8. The smallest absolute Gasteiger partial charge is 0.271 e. The van der Waals surface area contributed by atoms with Crippen molar-refractivity contribution < 1.29 is 22.9 Å². The van der Waals surface area contributed by atoms with Crippen molar-refractivity contribution in [2.75, 3.05) is 23.7 Å². The molecule has 2 aromatic carbocycles. The third-order valence-corrected chi connectivity index (χ3v) is 8.30. The van der Waals surface area contributed by atoms with E-state index in [1.54, 1.807) is 6.92 Å². The molecule has 1 unspecified atom stereocenters. The Balaban J connectivity index is 1.92. The van der Waals surface area contributed by atoms with E-state index in [1.807, 2.05) is 37.3 Å². The summed E-state index contributed by atoms with van der Waals surface area (Å²) >= 11 is 0. The van der Waals surface area contributed by atoms with Crippen molar-refractivity contribution in [2.24, 2.45) is 0 Å². The molecule has 3 rings (SSSR count). The number of aryl methyl sites for hydroxylation is 1. The average Bonchev–Trinajstić information content (AvgIpc) is 2.90. The second kappa shape index (κ2) is 13.5. The van der Waals surface area contributed by atoms with Crippen LogP contribution in [0.1, 0.15) is 56.6 Å². The average molecular weight is 559 g/mol. The summed E-state index contributed by atoms with van der Waals surface area (Å²) in [5, 5.41) is 14.5. The zero-order chi connectivity index (χ0) is 28.6. The van der Waals surface area contributed by atoms with Crippen LogP contribution in [-0.4, -0.2) is 61.5 Å². The standard InChI is InChI=1S/C28H38N4O6S/c1-4-25(28(34)29-23-13-9-6-10-14-23)30(18-17-22-11-7-5-8-12-22)27(33)20-31(39(3,37)38)26-19-24(32(35)36)16-15-21(26)2/h5,7-8,11-12,15-16,19,23,25H,4,6,9-10,13-14,17-18,20H2,1-3H3,(H,29,34). The van der Waals surface area contributed by atoms with Crippen LogP contribution in [0.5, 0.6) is 0 Å². The van der Waals surface area contributed by atoms with E-state index in [2.05, 4.69) is 5.32 Å². The third kappa shape index (κ3) is 8.26. The first kappa shape index (κ1) is 30.1. The second-order valence-corrected chi connectivity index (χ2v) is 12.0. The SMILES string of the molecule is CCC(C(=O)NC1CCCCC1)N(CCc1ccccc1)C(=O)CN(c1cc([N+](=O)[O-])ccc1C)S(C)(=O)=O. The normalized spacial score (nSPS) is 14.8. The van der Waals surface area contributed by atoms with Crippen LogP contribution in [0.25, 0.3) is 0 Å². The fraction of sp³-hybridized carbons (Fsp3) is 0.500. The van der Waals surface area contributed by atoms with Crippen LogP contribution in [-0.2, 0) is 26.0 Å². The number of nitro groups is 1. The minimum absolute atomic E-state index is 0.0581. The van der Waals surface area contributed by atoms with Crippen molar-refractivity contribution in [3.05, 3.63) is 69.8 Å². The lowest BCUT2D eigenvalue weighted by atomic mass is 9.95. The van der Waals surface area contributed by atoms with E-state index in [-0.39, 0.29) is 29.9 Å². The van der Waals surface area contributed by atoms with E-state index in [0.717, 1.165) is 54.3 Å². The minimum atomic E-state index is -3.99. The number of amides is 2. The monoisotopic (exact) mass is 558 g/mol. The molecule has 2 aromatic rings. The highest BCUT2D eigenvalue weighted by atomic mass is 32.2. The van der Waals surface area contributed by atoms with Gasteiger partial charge in [0.05, 0.1) is 16.9 Å². The first-order chi connectivity index (χ1) is 18.5. The third-order valence-electron chi connectivity index (χ3n) is 7.17. The summed E-state index contributed by atoms with van der Waals surface area (Å²) in [7, 11) is -3.99. The van der Waals surface area contributed by atoms with Crippen molar-refractivity contribution >= 4 is 33.2 Å². The largest absolute Gasteiger partial charge is 0.352 e. The first-order valence-electron chi connectivity index (χ1n) is 13.4. The van der Waals surface area contributed by atoms with Gasteiger partial charge in [-0.1, -0.05) is 62.6 Å². The predicted molar refractivity (Wildman–Crippen MR) is 151 cm³/mol. The number of carbonyl (C=O) groups excluding carboxylic acids is 2. The van der Waals surface area contributed by atoms with Crippen molar-refractivity contribution in [3.63, 3.8) is 0 Å². The summed E-state index contributed by atoms with van der Waals surface area (Å²) < 4.78 is 26.6. The molecule has 1 fully saturated rings. The molecule has 1 aliphatic carbocycles. The number of nitrogens with one attached hydrogen (secondary N) is 1. The molecule has 0 saturated heterocycles. The number of hydrogen-bond donors (Lipinski definition) is 1. The predicted octanol–water partition coefficient (Wildman–Crippen LogP) is 3.97. The van der Waals surface area contributed by atoms with Gasteiger partial charge >= 0.3 is 0 Å². The molecule has 0 heterocycles. The molecule has 1 aliphatic rings. The number of carbonyl (C=O) groups is 2. The van der Waals surface area contributed by atoms with Gasteiger partial charge in [-0.05, 0) is 43.7 Å². The van der Waals surface area contributed by atoms with Gasteiger partial charge in [-0.3, -0.25) is 24.0 Å². The van der Waals surface area contributed by atoms with Crippen LogP contribution in [0.15, 0.2) is 48.5 Å². The number of nitrogens with zero attached hydrogens (tertiary/aromatic N) is 3. The molecule has 0 bridgehead atoms. The molecule has 0 aliphatic heterocycles. The molecule has 39 heavy (non-hydrogen) atoms. The molecule has 2 amide bonds. The minimum Gasteiger partial charge on any atom is -0.352 e.